The fourth-order valence-corrected chi connectivity index (χ4v) is 5.16. The number of nitrogens with two attached hydrogens (primary N) is 2. The van der Waals surface area contributed by atoms with Gasteiger partial charge in [-0.3, -0.25) is 9.62 Å². The van der Waals surface area contributed by atoms with E-state index in [9.17, 15) is 8.42 Å². The zero-order chi connectivity index (χ0) is 21.4. The van der Waals surface area contributed by atoms with Crippen molar-refractivity contribution < 1.29 is 8.42 Å². The van der Waals surface area contributed by atoms with E-state index >= 15 is 0 Å². The molecule has 1 heterocycles. The maximum absolute atomic E-state index is 12.6. The van der Waals surface area contributed by atoms with E-state index in [-0.39, 0.29) is 10.9 Å². The number of aliphatic imine (C=N–C) groups is 2. The highest BCUT2D eigenvalue weighted by Crippen LogP contribution is 2.39. The van der Waals surface area contributed by atoms with Crippen molar-refractivity contribution in [3.05, 3.63) is 54.1 Å². The van der Waals surface area contributed by atoms with Crippen LogP contribution in [0.2, 0.25) is 0 Å². The van der Waals surface area contributed by atoms with E-state index in [1.807, 2.05) is 24.0 Å². The Morgan fingerprint density at radius 2 is 1.60 bits per heavy atom. The van der Waals surface area contributed by atoms with Gasteiger partial charge in [0.2, 0.25) is 11.9 Å². The molecule has 30 heavy (non-hydrogen) atoms. The van der Waals surface area contributed by atoms with Gasteiger partial charge in [-0.1, -0.05) is 24.1 Å². The molecule has 1 spiro atoms. The molecule has 0 unspecified atom stereocenters. The molecule has 0 atom stereocenters. The molecular formula is C21H26N6O2S. The number of guanidine groups is 2. The van der Waals surface area contributed by atoms with Crippen LogP contribution in [0, 0.1) is 6.92 Å². The van der Waals surface area contributed by atoms with Crippen molar-refractivity contribution in [1.29, 1.82) is 0 Å². The number of nitrogens with one attached hydrogen (secondary N) is 1. The van der Waals surface area contributed by atoms with Gasteiger partial charge in [0.25, 0.3) is 10.0 Å². The van der Waals surface area contributed by atoms with Crippen LogP contribution in [0.25, 0.3) is 0 Å². The molecule has 2 aromatic rings. The van der Waals surface area contributed by atoms with Gasteiger partial charge in [0.05, 0.1) is 4.90 Å². The standard InChI is InChI=1S/C21H26N6O2S/c1-15-5-11-18(12-6-15)30(28,29)26-16-7-9-17(10-8-16)27-20(23)24-19(22)25-21(27)13-3-2-4-14-21/h5-12,26H,2-4,13-14H2,1H3,(H4,22,23,24,25). The number of rotatable bonds is 4. The summed E-state index contributed by atoms with van der Waals surface area (Å²) in [5.74, 6) is 0.505. The number of nitrogens with zero attached hydrogens (tertiary/aromatic N) is 3. The number of hydrogen-bond acceptors (Lipinski definition) is 7. The van der Waals surface area contributed by atoms with Crippen LogP contribution in [0.4, 0.5) is 11.4 Å². The van der Waals surface area contributed by atoms with Gasteiger partial charge in [-0.2, -0.15) is 4.99 Å². The Bertz CT molecular complexity index is 1090. The number of sulfonamides is 1. The van der Waals surface area contributed by atoms with Gasteiger partial charge in [0.15, 0.2) is 0 Å². The van der Waals surface area contributed by atoms with E-state index in [0.717, 1.165) is 43.4 Å². The van der Waals surface area contributed by atoms with Crippen molar-refractivity contribution in [3.8, 4) is 0 Å². The van der Waals surface area contributed by atoms with Crippen LogP contribution < -0.4 is 21.1 Å². The van der Waals surface area contributed by atoms with Crippen molar-refractivity contribution in [1.82, 2.24) is 0 Å². The molecule has 0 radical (unpaired) electrons. The maximum Gasteiger partial charge on any atom is 0.261 e. The largest absolute Gasteiger partial charge is 0.369 e. The first-order valence-corrected chi connectivity index (χ1v) is 11.5. The van der Waals surface area contributed by atoms with Crippen LogP contribution in [0.1, 0.15) is 37.7 Å². The summed E-state index contributed by atoms with van der Waals surface area (Å²) in [4.78, 5) is 10.9. The highest BCUT2D eigenvalue weighted by atomic mass is 32.2. The third-order valence-corrected chi connectivity index (χ3v) is 6.96. The third-order valence-electron chi connectivity index (χ3n) is 5.56. The second-order valence-corrected chi connectivity index (χ2v) is 9.47. The molecule has 2 aromatic carbocycles. The molecule has 0 bridgehead atoms. The monoisotopic (exact) mass is 426 g/mol. The summed E-state index contributed by atoms with van der Waals surface area (Å²) in [6.45, 7) is 1.91. The Kier molecular flexibility index (Phi) is 5.15. The predicted molar refractivity (Wildman–Crippen MR) is 120 cm³/mol. The molecule has 1 aliphatic carbocycles. The van der Waals surface area contributed by atoms with Gasteiger partial charge < -0.3 is 11.5 Å². The molecule has 5 N–H and O–H groups in total. The Labute approximate surface area is 176 Å². The first-order valence-electron chi connectivity index (χ1n) is 9.98. The maximum atomic E-state index is 12.6. The summed E-state index contributed by atoms with van der Waals surface area (Å²) in [5, 5.41) is 0. The van der Waals surface area contributed by atoms with E-state index < -0.39 is 15.7 Å². The highest BCUT2D eigenvalue weighted by molar-refractivity contribution is 7.92. The minimum atomic E-state index is -3.66. The molecule has 1 saturated carbocycles. The molecular weight excluding hydrogens is 400 g/mol. The van der Waals surface area contributed by atoms with E-state index in [2.05, 4.69) is 14.7 Å². The topological polar surface area (TPSA) is 126 Å². The van der Waals surface area contributed by atoms with Gasteiger partial charge in [0, 0.05) is 11.4 Å². The van der Waals surface area contributed by atoms with Gasteiger partial charge in [-0.15, -0.1) is 0 Å². The molecule has 0 amide bonds. The van der Waals surface area contributed by atoms with Crippen LogP contribution >= 0.6 is 0 Å². The molecule has 0 saturated heterocycles. The van der Waals surface area contributed by atoms with Crippen molar-refractivity contribution in [3.63, 3.8) is 0 Å². The van der Waals surface area contributed by atoms with Gasteiger partial charge in [-0.05, 0) is 69.0 Å². The Morgan fingerprint density at radius 1 is 0.967 bits per heavy atom. The number of benzene rings is 2. The summed E-state index contributed by atoms with van der Waals surface area (Å²) in [7, 11) is -3.66. The minimum absolute atomic E-state index is 0.202. The molecule has 0 aromatic heterocycles. The zero-order valence-corrected chi connectivity index (χ0v) is 17.7. The normalized spacial score (nSPS) is 18.6. The van der Waals surface area contributed by atoms with E-state index in [1.54, 1.807) is 36.4 Å². The quantitative estimate of drug-likeness (QED) is 0.693. The first-order chi connectivity index (χ1) is 14.3. The first kappa shape index (κ1) is 20.2. The molecule has 2 aliphatic rings. The number of anilines is 2. The van der Waals surface area contributed by atoms with Crippen LogP contribution in [-0.2, 0) is 10.0 Å². The Balaban J connectivity index is 1.60. The fraction of sp³-hybridized carbons (Fsp3) is 0.333. The molecule has 4 rings (SSSR count). The number of aryl methyl sites for hydroxylation is 1. The molecule has 8 nitrogen and oxygen atoms in total. The van der Waals surface area contributed by atoms with Crippen LogP contribution in [0.3, 0.4) is 0 Å². The van der Waals surface area contributed by atoms with E-state index in [1.165, 1.54) is 0 Å². The summed E-state index contributed by atoms with van der Waals surface area (Å²) in [6.07, 6.45) is 4.91. The van der Waals surface area contributed by atoms with Crippen LogP contribution in [0.5, 0.6) is 0 Å². The van der Waals surface area contributed by atoms with Crippen molar-refractivity contribution in [2.24, 2.45) is 21.5 Å². The lowest BCUT2D eigenvalue weighted by molar-refractivity contribution is 0.305. The van der Waals surface area contributed by atoms with Crippen molar-refractivity contribution >= 4 is 33.3 Å². The smallest absolute Gasteiger partial charge is 0.261 e. The molecule has 1 fully saturated rings. The average Bonchev–Trinajstić information content (AvgIpc) is 2.69. The fourth-order valence-electron chi connectivity index (χ4n) is 4.10. The summed E-state index contributed by atoms with van der Waals surface area (Å²) in [6, 6.07) is 13.8. The molecule has 9 heteroatoms. The Hall–Kier alpha value is -3.07. The van der Waals surface area contributed by atoms with Crippen LogP contribution in [0.15, 0.2) is 63.4 Å². The SMILES string of the molecule is Cc1ccc(S(=O)(=O)Nc2ccc(N3C(N)=NC(N)=NC34CCCCC4)cc2)cc1. The third kappa shape index (κ3) is 3.85. The molecule has 1 aliphatic heterocycles. The second-order valence-electron chi connectivity index (χ2n) is 7.78. The molecule has 158 valence electrons. The van der Waals surface area contributed by atoms with Crippen LogP contribution in [-0.4, -0.2) is 26.0 Å². The zero-order valence-electron chi connectivity index (χ0n) is 16.9. The van der Waals surface area contributed by atoms with Crippen molar-refractivity contribution in [2.75, 3.05) is 9.62 Å². The average molecular weight is 427 g/mol. The summed E-state index contributed by atoms with van der Waals surface area (Å²) < 4.78 is 27.9. The lowest BCUT2D eigenvalue weighted by Crippen LogP contribution is -2.58. The minimum Gasteiger partial charge on any atom is -0.369 e. The number of hydrogen-bond donors (Lipinski definition) is 3. The Morgan fingerprint density at radius 3 is 2.23 bits per heavy atom. The lowest BCUT2D eigenvalue weighted by atomic mass is 9.87. The highest BCUT2D eigenvalue weighted by Gasteiger charge is 2.42. The second kappa shape index (κ2) is 7.64. The van der Waals surface area contributed by atoms with E-state index in [0.29, 0.717) is 11.6 Å². The summed E-state index contributed by atoms with van der Waals surface area (Å²) >= 11 is 0. The van der Waals surface area contributed by atoms with Gasteiger partial charge in [-0.25, -0.2) is 13.4 Å². The van der Waals surface area contributed by atoms with Gasteiger partial charge in [0.1, 0.15) is 5.66 Å². The van der Waals surface area contributed by atoms with Crippen molar-refractivity contribution in [2.45, 2.75) is 49.6 Å². The predicted octanol–water partition coefficient (Wildman–Crippen LogP) is 2.91. The summed E-state index contributed by atoms with van der Waals surface area (Å²) in [5.41, 5.74) is 13.9. The lowest BCUT2D eigenvalue weighted by Gasteiger charge is -2.45. The van der Waals surface area contributed by atoms with Gasteiger partial charge >= 0.3 is 0 Å². The van der Waals surface area contributed by atoms with E-state index in [4.69, 9.17) is 11.5 Å².